The minimum Gasteiger partial charge on any atom is -0.467 e. The molecule has 2 N–H and O–H groups in total. The number of piperidine rings is 1. The number of aliphatic hydroxyl groups is 1. The molecule has 1 aromatic rings. The highest BCUT2D eigenvalue weighted by molar-refractivity contribution is 5.98. The maximum Gasteiger partial charge on any atom is 0.332 e. The van der Waals surface area contributed by atoms with E-state index in [-0.39, 0.29) is 23.7 Å². The van der Waals surface area contributed by atoms with Gasteiger partial charge < -0.3 is 15.2 Å². The number of fused-ring (bicyclic) bond motifs is 1. The van der Waals surface area contributed by atoms with E-state index < -0.39 is 22.5 Å². The molecule has 3 aliphatic heterocycles. The van der Waals surface area contributed by atoms with Crippen LogP contribution in [0.3, 0.4) is 0 Å². The van der Waals surface area contributed by atoms with Crippen molar-refractivity contribution in [3.05, 3.63) is 29.8 Å². The number of ketones is 1. The quantitative estimate of drug-likeness (QED) is 0.723. The Morgan fingerprint density at radius 2 is 2.15 bits per heavy atom. The van der Waals surface area contributed by atoms with E-state index in [9.17, 15) is 14.7 Å². The average molecular weight is 368 g/mol. The van der Waals surface area contributed by atoms with Crippen LogP contribution in [-0.2, 0) is 19.7 Å². The zero-order valence-corrected chi connectivity index (χ0v) is 15.4. The van der Waals surface area contributed by atoms with Crippen molar-refractivity contribution in [3.63, 3.8) is 0 Å². The van der Waals surface area contributed by atoms with Crippen molar-refractivity contribution in [2.75, 3.05) is 25.5 Å². The summed E-state index contributed by atoms with van der Waals surface area (Å²) in [6.45, 7) is 1.45. The molecule has 0 amide bonds. The highest BCUT2D eigenvalue weighted by atomic mass is 16.5. The summed E-state index contributed by atoms with van der Waals surface area (Å²) in [6, 6.07) is 8.01. The monoisotopic (exact) mass is 368 g/mol. The summed E-state index contributed by atoms with van der Waals surface area (Å²) in [7, 11) is 1.43. The SMILES string of the molecule is COC(=O)[C@]12CC[C@@]34CC(=O)C5CN(CCC3O)[C@@H]4[C@]51c1ccccc1N2. The summed E-state index contributed by atoms with van der Waals surface area (Å²) in [5.41, 5.74) is -0.0731. The molecule has 5 aliphatic rings. The molecule has 2 saturated carbocycles. The van der Waals surface area contributed by atoms with Crippen molar-refractivity contribution in [3.8, 4) is 0 Å². The second kappa shape index (κ2) is 4.73. The van der Waals surface area contributed by atoms with E-state index >= 15 is 0 Å². The normalized spacial score (nSPS) is 46.4. The van der Waals surface area contributed by atoms with Gasteiger partial charge in [-0.05, 0) is 30.9 Å². The van der Waals surface area contributed by atoms with Crippen molar-refractivity contribution in [2.45, 2.75) is 48.8 Å². The number of methoxy groups -OCH3 is 1. The Kier molecular flexibility index (Phi) is 2.82. The number of nitrogens with zero attached hydrogens (tertiary/aromatic N) is 1. The summed E-state index contributed by atoms with van der Waals surface area (Å²) in [5.74, 6) is -0.327. The molecule has 4 fully saturated rings. The van der Waals surface area contributed by atoms with Crippen LogP contribution >= 0.6 is 0 Å². The Morgan fingerprint density at radius 1 is 1.33 bits per heavy atom. The van der Waals surface area contributed by atoms with E-state index in [1.165, 1.54) is 7.11 Å². The molecular weight excluding hydrogens is 344 g/mol. The number of aliphatic hydroxyl groups excluding tert-OH is 1. The molecule has 4 bridgehead atoms. The molecule has 0 aromatic heterocycles. The fraction of sp³-hybridized carbons (Fsp3) is 0.619. The van der Waals surface area contributed by atoms with Gasteiger partial charge in [-0.25, -0.2) is 4.79 Å². The molecule has 6 atom stereocenters. The molecule has 2 saturated heterocycles. The Labute approximate surface area is 157 Å². The number of hydrogen-bond donors (Lipinski definition) is 2. The molecule has 1 aromatic carbocycles. The van der Waals surface area contributed by atoms with E-state index in [0.29, 0.717) is 32.2 Å². The number of hydrogen-bond acceptors (Lipinski definition) is 6. The average Bonchev–Trinajstić information content (AvgIpc) is 3.16. The highest BCUT2D eigenvalue weighted by Crippen LogP contribution is 2.72. The van der Waals surface area contributed by atoms with Gasteiger partial charge in [0.2, 0.25) is 0 Å². The van der Waals surface area contributed by atoms with Crippen molar-refractivity contribution >= 4 is 17.4 Å². The smallest absolute Gasteiger partial charge is 0.332 e. The third kappa shape index (κ3) is 1.45. The van der Waals surface area contributed by atoms with Crippen LogP contribution in [0.5, 0.6) is 0 Å². The van der Waals surface area contributed by atoms with Crippen LogP contribution < -0.4 is 5.32 Å². The third-order valence-electron chi connectivity index (χ3n) is 8.48. The van der Waals surface area contributed by atoms with Crippen molar-refractivity contribution in [1.82, 2.24) is 4.90 Å². The first-order valence-electron chi connectivity index (χ1n) is 9.92. The topological polar surface area (TPSA) is 78.9 Å². The van der Waals surface area contributed by atoms with E-state index in [1.54, 1.807) is 0 Å². The van der Waals surface area contributed by atoms with E-state index in [0.717, 1.165) is 17.8 Å². The summed E-state index contributed by atoms with van der Waals surface area (Å²) < 4.78 is 5.32. The van der Waals surface area contributed by atoms with Crippen LogP contribution in [0, 0.1) is 11.3 Å². The fourth-order valence-electron chi connectivity index (χ4n) is 7.73. The second-order valence-corrected chi connectivity index (χ2v) is 9.07. The first kappa shape index (κ1) is 16.1. The Bertz CT molecular complexity index is 887. The van der Waals surface area contributed by atoms with Gasteiger partial charge in [-0.3, -0.25) is 9.69 Å². The lowest BCUT2D eigenvalue weighted by atomic mass is 9.41. The first-order valence-corrected chi connectivity index (χ1v) is 9.92. The molecule has 1 spiro atoms. The standard InChI is InChI=1S/C21H24N2O4/c1-27-18(26)20-8-7-19-10-15(24)13-11-23(9-6-16(19)25)17(19)21(13,20)12-4-2-3-5-14(12)22-20/h2-5,13,16-17,22,25H,6-11H2,1H3/t13?,16?,17-,19+,20+,21-/m0/s1. The number of anilines is 1. The molecule has 6 heteroatoms. The van der Waals surface area contributed by atoms with Gasteiger partial charge in [0.25, 0.3) is 0 Å². The second-order valence-electron chi connectivity index (χ2n) is 9.07. The number of Topliss-reactive ketones (excluding diaryl/α,β-unsaturated/α-hetero) is 1. The number of benzene rings is 1. The number of esters is 1. The molecular formula is C21H24N2O4. The first-order chi connectivity index (χ1) is 13.0. The van der Waals surface area contributed by atoms with Gasteiger partial charge in [-0.15, -0.1) is 0 Å². The van der Waals surface area contributed by atoms with Gasteiger partial charge >= 0.3 is 5.97 Å². The van der Waals surface area contributed by atoms with Crippen molar-refractivity contribution < 1.29 is 19.4 Å². The lowest BCUT2D eigenvalue weighted by Crippen LogP contribution is -2.78. The molecule has 142 valence electrons. The van der Waals surface area contributed by atoms with Gasteiger partial charge in [0.15, 0.2) is 0 Å². The minimum atomic E-state index is -0.938. The molecule has 0 radical (unpaired) electrons. The molecule has 6 rings (SSSR count). The lowest BCUT2D eigenvalue weighted by Gasteiger charge is -2.65. The molecule has 3 heterocycles. The number of rotatable bonds is 1. The van der Waals surface area contributed by atoms with E-state index in [4.69, 9.17) is 4.74 Å². The number of carbonyl (C=O) groups excluding carboxylic acids is 2. The molecule has 2 unspecified atom stereocenters. The Hall–Kier alpha value is -1.92. The van der Waals surface area contributed by atoms with Crippen LogP contribution in [0.25, 0.3) is 0 Å². The Morgan fingerprint density at radius 3 is 2.96 bits per heavy atom. The van der Waals surface area contributed by atoms with Crippen LogP contribution in [0.15, 0.2) is 24.3 Å². The third-order valence-corrected chi connectivity index (χ3v) is 8.48. The molecule has 27 heavy (non-hydrogen) atoms. The van der Waals surface area contributed by atoms with Gasteiger partial charge in [-0.1, -0.05) is 18.2 Å². The number of para-hydroxylation sites is 1. The predicted molar refractivity (Wildman–Crippen MR) is 97.3 cm³/mol. The maximum absolute atomic E-state index is 13.4. The van der Waals surface area contributed by atoms with E-state index in [2.05, 4.69) is 16.3 Å². The number of ether oxygens (including phenoxy) is 1. The summed E-state index contributed by atoms with van der Waals surface area (Å²) in [5, 5.41) is 14.6. The fourth-order valence-corrected chi connectivity index (χ4v) is 7.73. The largest absolute Gasteiger partial charge is 0.467 e. The van der Waals surface area contributed by atoms with Crippen molar-refractivity contribution in [2.24, 2.45) is 11.3 Å². The van der Waals surface area contributed by atoms with Crippen LogP contribution in [0.1, 0.15) is 31.2 Å². The van der Waals surface area contributed by atoms with Gasteiger partial charge in [0, 0.05) is 42.6 Å². The molecule has 6 nitrogen and oxygen atoms in total. The Balaban J connectivity index is 1.72. The number of nitrogens with one attached hydrogen (secondary N) is 1. The van der Waals surface area contributed by atoms with Crippen molar-refractivity contribution in [1.29, 1.82) is 0 Å². The zero-order chi connectivity index (χ0) is 18.6. The maximum atomic E-state index is 13.4. The van der Waals surface area contributed by atoms with Gasteiger partial charge in [0.1, 0.15) is 11.3 Å². The van der Waals surface area contributed by atoms with Gasteiger partial charge in [-0.2, -0.15) is 0 Å². The van der Waals surface area contributed by atoms with Crippen LogP contribution in [0.2, 0.25) is 0 Å². The predicted octanol–water partition coefficient (Wildman–Crippen LogP) is 1.08. The van der Waals surface area contributed by atoms with E-state index in [1.807, 2.05) is 18.2 Å². The van der Waals surface area contributed by atoms with Gasteiger partial charge in [0.05, 0.1) is 18.6 Å². The molecule has 2 aliphatic carbocycles. The summed E-state index contributed by atoms with van der Waals surface area (Å²) in [6.07, 6.45) is 1.88. The number of carbonyl (C=O) groups is 2. The van der Waals surface area contributed by atoms with Crippen LogP contribution in [0.4, 0.5) is 5.69 Å². The zero-order valence-electron chi connectivity index (χ0n) is 15.4. The summed E-state index contributed by atoms with van der Waals surface area (Å²) >= 11 is 0. The summed E-state index contributed by atoms with van der Waals surface area (Å²) in [4.78, 5) is 29.1. The lowest BCUT2D eigenvalue weighted by molar-refractivity contribution is -0.178. The minimum absolute atomic E-state index is 0.0135. The van der Waals surface area contributed by atoms with Crippen LogP contribution in [-0.4, -0.2) is 59.6 Å². The highest BCUT2D eigenvalue weighted by Gasteiger charge is 2.82.